The van der Waals surface area contributed by atoms with Gasteiger partial charge in [-0.3, -0.25) is 9.44 Å². The van der Waals surface area contributed by atoms with Crippen molar-refractivity contribution in [1.82, 2.24) is 4.98 Å². The third kappa shape index (κ3) is 5.32. The van der Waals surface area contributed by atoms with Gasteiger partial charge in [-0.25, -0.2) is 21.8 Å². The van der Waals surface area contributed by atoms with Crippen molar-refractivity contribution < 1.29 is 16.8 Å². The van der Waals surface area contributed by atoms with Gasteiger partial charge in [0.2, 0.25) is 0 Å². The summed E-state index contributed by atoms with van der Waals surface area (Å²) in [6.07, 6.45) is 0. The third-order valence-electron chi connectivity index (χ3n) is 4.48. The molecular formula is C21H14Cl3N3O4S3. The summed E-state index contributed by atoms with van der Waals surface area (Å²) in [6, 6.07) is 16.7. The van der Waals surface area contributed by atoms with Gasteiger partial charge in [-0.2, -0.15) is 0 Å². The van der Waals surface area contributed by atoms with Gasteiger partial charge in [0, 0.05) is 16.0 Å². The largest absolute Gasteiger partial charge is 0.279 e. The molecule has 1 aromatic heterocycles. The molecule has 0 saturated heterocycles. The molecule has 0 radical (unpaired) electrons. The molecule has 34 heavy (non-hydrogen) atoms. The van der Waals surface area contributed by atoms with Crippen LogP contribution in [0.15, 0.2) is 81.9 Å². The highest BCUT2D eigenvalue weighted by molar-refractivity contribution is 7.93. The summed E-state index contributed by atoms with van der Waals surface area (Å²) in [5, 5.41) is 2.01. The molecule has 0 atom stereocenters. The highest BCUT2D eigenvalue weighted by atomic mass is 35.5. The van der Waals surface area contributed by atoms with Gasteiger partial charge in [-0.15, -0.1) is 11.3 Å². The number of thiazole rings is 1. The molecule has 1 heterocycles. The molecule has 7 nitrogen and oxygen atoms in total. The SMILES string of the molecule is O=S(=O)(Nc1ccccc1-c1csc(NS(=O)(=O)c2c(Cl)cccc2Cl)n1)c1ccc(Cl)cc1. The van der Waals surface area contributed by atoms with Gasteiger partial charge in [0.15, 0.2) is 5.13 Å². The third-order valence-corrected chi connectivity index (χ3v) is 9.30. The number of benzene rings is 3. The minimum Gasteiger partial charge on any atom is -0.279 e. The van der Waals surface area contributed by atoms with Crippen LogP contribution in [0.2, 0.25) is 15.1 Å². The lowest BCUT2D eigenvalue weighted by atomic mass is 10.1. The summed E-state index contributed by atoms with van der Waals surface area (Å²) >= 11 is 18.9. The molecule has 0 aliphatic carbocycles. The predicted molar refractivity (Wildman–Crippen MR) is 137 cm³/mol. The minimum absolute atomic E-state index is 0.0290. The van der Waals surface area contributed by atoms with Gasteiger partial charge < -0.3 is 0 Å². The van der Waals surface area contributed by atoms with E-state index in [1.807, 2.05) is 0 Å². The van der Waals surface area contributed by atoms with E-state index < -0.39 is 20.0 Å². The first-order valence-electron chi connectivity index (χ1n) is 9.37. The lowest BCUT2D eigenvalue weighted by Gasteiger charge is -2.12. The zero-order chi connectivity index (χ0) is 24.5. The Morgan fingerprint density at radius 2 is 1.38 bits per heavy atom. The van der Waals surface area contributed by atoms with Gasteiger partial charge in [0.1, 0.15) is 4.90 Å². The van der Waals surface area contributed by atoms with E-state index in [9.17, 15) is 16.8 Å². The number of nitrogens with zero attached hydrogens (tertiary/aromatic N) is 1. The first kappa shape index (κ1) is 24.8. The molecule has 0 amide bonds. The number of hydrogen-bond donors (Lipinski definition) is 2. The molecule has 4 aromatic rings. The summed E-state index contributed by atoms with van der Waals surface area (Å²) in [5.74, 6) is 0. The maximum Gasteiger partial charge on any atom is 0.266 e. The van der Waals surface area contributed by atoms with Crippen molar-refractivity contribution in [3.05, 3.63) is 87.2 Å². The molecule has 3 aromatic carbocycles. The van der Waals surface area contributed by atoms with Gasteiger partial charge in [0.25, 0.3) is 20.0 Å². The van der Waals surface area contributed by atoms with Crippen LogP contribution in [0.4, 0.5) is 10.8 Å². The van der Waals surface area contributed by atoms with Crippen molar-refractivity contribution >= 4 is 77.0 Å². The van der Waals surface area contributed by atoms with Gasteiger partial charge in [-0.1, -0.05) is 59.1 Å². The Morgan fingerprint density at radius 1 is 0.735 bits per heavy atom. The van der Waals surface area contributed by atoms with Gasteiger partial charge in [0.05, 0.1) is 26.3 Å². The highest BCUT2D eigenvalue weighted by Crippen LogP contribution is 2.34. The van der Waals surface area contributed by atoms with Crippen LogP contribution in [-0.2, 0) is 20.0 Å². The zero-order valence-electron chi connectivity index (χ0n) is 16.9. The lowest BCUT2D eigenvalue weighted by molar-refractivity contribution is 0.599. The number of nitrogens with one attached hydrogen (secondary N) is 2. The first-order chi connectivity index (χ1) is 16.1. The minimum atomic E-state index is -4.11. The number of sulfonamides is 2. The Morgan fingerprint density at radius 3 is 2.06 bits per heavy atom. The fourth-order valence-electron chi connectivity index (χ4n) is 2.96. The van der Waals surface area contributed by atoms with Crippen LogP contribution in [0.3, 0.4) is 0 Å². The average Bonchev–Trinajstić information content (AvgIpc) is 3.21. The molecule has 0 bridgehead atoms. The average molecular weight is 575 g/mol. The fourth-order valence-corrected chi connectivity index (χ4v) is 7.28. The number of rotatable bonds is 7. The predicted octanol–water partition coefficient (Wildman–Crippen LogP) is 6.37. The Kier molecular flexibility index (Phi) is 7.09. The molecule has 2 N–H and O–H groups in total. The van der Waals surface area contributed by atoms with Crippen molar-refractivity contribution in [3.8, 4) is 11.3 Å². The van der Waals surface area contributed by atoms with Crippen LogP contribution in [0.5, 0.6) is 0 Å². The molecule has 0 spiro atoms. The molecule has 176 valence electrons. The van der Waals surface area contributed by atoms with Crippen molar-refractivity contribution in [2.75, 3.05) is 9.44 Å². The summed E-state index contributed by atoms with van der Waals surface area (Å²) < 4.78 is 56.2. The van der Waals surface area contributed by atoms with Gasteiger partial charge >= 0.3 is 0 Å². The first-order valence-corrected chi connectivity index (χ1v) is 14.3. The Hall–Kier alpha value is -2.34. The molecule has 0 aliphatic rings. The molecule has 0 unspecified atom stereocenters. The normalized spacial score (nSPS) is 11.9. The van der Waals surface area contributed by atoms with Crippen LogP contribution in [0.25, 0.3) is 11.3 Å². The lowest BCUT2D eigenvalue weighted by Crippen LogP contribution is -2.14. The van der Waals surface area contributed by atoms with Crippen molar-refractivity contribution in [3.63, 3.8) is 0 Å². The number of anilines is 2. The quantitative estimate of drug-likeness (QED) is 0.267. The molecular weight excluding hydrogens is 561 g/mol. The van der Waals surface area contributed by atoms with Crippen molar-refractivity contribution in [2.24, 2.45) is 0 Å². The van der Waals surface area contributed by atoms with Crippen LogP contribution in [0.1, 0.15) is 0 Å². The maximum atomic E-state index is 12.8. The van der Waals surface area contributed by atoms with Crippen LogP contribution in [0, 0.1) is 0 Å². The molecule has 0 saturated carbocycles. The summed E-state index contributed by atoms with van der Waals surface area (Å²) in [4.78, 5) is 4.09. The topological polar surface area (TPSA) is 105 Å². The number of para-hydroxylation sites is 1. The van der Waals surface area contributed by atoms with E-state index in [1.54, 1.807) is 29.6 Å². The van der Waals surface area contributed by atoms with E-state index in [0.717, 1.165) is 11.3 Å². The Labute approximate surface area is 215 Å². The van der Waals surface area contributed by atoms with Gasteiger partial charge in [-0.05, 0) is 42.5 Å². The molecule has 4 rings (SSSR count). The van der Waals surface area contributed by atoms with E-state index in [2.05, 4.69) is 14.4 Å². The van der Waals surface area contributed by atoms with Crippen LogP contribution >= 0.6 is 46.1 Å². The standard InChI is InChI=1S/C21H14Cl3N3O4S3/c22-13-8-10-14(11-9-13)33(28,29)26-18-7-2-1-4-15(18)19-12-32-21(25-19)27-34(30,31)20-16(23)5-3-6-17(20)24/h1-12,26H,(H,25,27). The second kappa shape index (κ2) is 9.73. The van der Waals surface area contributed by atoms with E-state index in [1.165, 1.54) is 42.5 Å². The monoisotopic (exact) mass is 573 g/mol. The smallest absolute Gasteiger partial charge is 0.266 e. The van der Waals surface area contributed by atoms with E-state index in [0.29, 0.717) is 16.3 Å². The van der Waals surface area contributed by atoms with E-state index >= 15 is 0 Å². The van der Waals surface area contributed by atoms with Crippen LogP contribution in [-0.4, -0.2) is 21.8 Å². The zero-order valence-corrected chi connectivity index (χ0v) is 21.6. The Bertz CT molecular complexity index is 1550. The second-order valence-corrected chi connectivity index (χ2v) is 12.2. The van der Waals surface area contributed by atoms with E-state index in [4.69, 9.17) is 34.8 Å². The van der Waals surface area contributed by atoms with Crippen LogP contribution < -0.4 is 9.44 Å². The maximum absolute atomic E-state index is 12.8. The summed E-state index contributed by atoms with van der Waals surface area (Å²) in [6.45, 7) is 0. The van der Waals surface area contributed by atoms with E-state index in [-0.39, 0.29) is 30.7 Å². The second-order valence-electron chi connectivity index (χ2n) is 6.80. The number of aromatic nitrogens is 1. The summed E-state index contributed by atoms with van der Waals surface area (Å²) in [5.41, 5.74) is 1.09. The fraction of sp³-hybridized carbons (Fsp3) is 0. The molecule has 0 fully saturated rings. The number of halogens is 3. The highest BCUT2D eigenvalue weighted by Gasteiger charge is 2.23. The van der Waals surface area contributed by atoms with Crippen molar-refractivity contribution in [1.29, 1.82) is 0 Å². The van der Waals surface area contributed by atoms with Crippen molar-refractivity contribution in [2.45, 2.75) is 9.79 Å². The Balaban J connectivity index is 1.63. The summed E-state index contributed by atoms with van der Waals surface area (Å²) in [7, 11) is -8.01. The molecule has 13 heteroatoms. The number of hydrogen-bond acceptors (Lipinski definition) is 6. The molecule has 0 aliphatic heterocycles.